The molecule has 0 unspecified atom stereocenters. The van der Waals surface area contributed by atoms with Crippen LogP contribution in [0.25, 0.3) is 0 Å². The van der Waals surface area contributed by atoms with Gasteiger partial charge in [-0.3, -0.25) is 10.2 Å². The van der Waals surface area contributed by atoms with Crippen molar-refractivity contribution in [3.8, 4) is 0 Å². The largest absolute Gasteiger partial charge is 0.375 e. The standard InChI is InChI=1S/C5H11N3OS/c1-2-4(9)3-7-8-5(6)10/h7H,2-3H2,1H3,(H3,6,8,10). The third-order valence-corrected chi connectivity index (χ3v) is 0.994. The number of nitrogens with one attached hydrogen (secondary N) is 2. The smallest absolute Gasteiger partial charge is 0.178 e. The van der Waals surface area contributed by atoms with E-state index in [-0.39, 0.29) is 17.4 Å². The van der Waals surface area contributed by atoms with Crippen LogP contribution in [0.15, 0.2) is 0 Å². The van der Waals surface area contributed by atoms with Crippen LogP contribution in [0, 0.1) is 0 Å². The highest BCUT2D eigenvalue weighted by atomic mass is 32.1. The number of Topliss-reactive ketones (excluding diaryl/α,β-unsaturated/α-hetero) is 1. The predicted molar refractivity (Wildman–Crippen MR) is 43.2 cm³/mol. The first-order valence-corrected chi connectivity index (χ1v) is 3.37. The summed E-state index contributed by atoms with van der Waals surface area (Å²) < 4.78 is 0. The van der Waals surface area contributed by atoms with Crippen LogP contribution in [0.3, 0.4) is 0 Å². The summed E-state index contributed by atoms with van der Waals surface area (Å²) in [6.45, 7) is 2.05. The van der Waals surface area contributed by atoms with Gasteiger partial charge in [0.1, 0.15) is 5.78 Å². The number of ketones is 1. The van der Waals surface area contributed by atoms with Gasteiger partial charge in [-0.15, -0.1) is 0 Å². The second-order valence-corrected chi connectivity index (χ2v) is 2.17. The summed E-state index contributed by atoms with van der Waals surface area (Å²) in [5.41, 5.74) is 10.1. The summed E-state index contributed by atoms with van der Waals surface area (Å²) in [5.74, 6) is 0.115. The van der Waals surface area contributed by atoms with Crippen molar-refractivity contribution in [2.45, 2.75) is 13.3 Å². The van der Waals surface area contributed by atoms with Crippen molar-refractivity contribution in [3.05, 3.63) is 0 Å². The molecule has 0 aliphatic heterocycles. The average molecular weight is 161 g/mol. The molecule has 0 rings (SSSR count). The van der Waals surface area contributed by atoms with Crippen LogP contribution in [-0.2, 0) is 4.79 Å². The summed E-state index contributed by atoms with van der Waals surface area (Å²) in [4.78, 5) is 10.6. The van der Waals surface area contributed by atoms with E-state index < -0.39 is 0 Å². The summed E-state index contributed by atoms with van der Waals surface area (Å²) in [6.07, 6.45) is 0.520. The molecule has 0 heterocycles. The molecule has 0 saturated carbocycles. The van der Waals surface area contributed by atoms with Crippen molar-refractivity contribution >= 4 is 23.1 Å². The molecule has 0 radical (unpaired) electrons. The van der Waals surface area contributed by atoms with Crippen molar-refractivity contribution in [1.29, 1.82) is 0 Å². The van der Waals surface area contributed by atoms with Crippen molar-refractivity contribution in [3.63, 3.8) is 0 Å². The van der Waals surface area contributed by atoms with E-state index in [0.29, 0.717) is 6.42 Å². The quantitative estimate of drug-likeness (QED) is 0.376. The fourth-order valence-corrected chi connectivity index (χ4v) is 0.427. The minimum Gasteiger partial charge on any atom is -0.375 e. The number of rotatable bonds is 4. The normalized spacial score (nSPS) is 8.90. The molecule has 0 aromatic carbocycles. The van der Waals surface area contributed by atoms with Crippen molar-refractivity contribution in [2.24, 2.45) is 5.73 Å². The maximum atomic E-state index is 10.6. The molecule has 0 amide bonds. The average Bonchev–Trinajstić information content (AvgIpc) is 1.87. The fourth-order valence-electron chi connectivity index (χ4n) is 0.355. The van der Waals surface area contributed by atoms with E-state index in [1.54, 1.807) is 6.92 Å². The molecule has 0 bridgehead atoms. The van der Waals surface area contributed by atoms with Crippen LogP contribution in [0.5, 0.6) is 0 Å². The van der Waals surface area contributed by atoms with Crippen LogP contribution in [0.4, 0.5) is 0 Å². The van der Waals surface area contributed by atoms with Gasteiger partial charge in [-0.2, -0.15) is 0 Å². The lowest BCUT2D eigenvalue weighted by atomic mass is 10.3. The Morgan fingerprint density at radius 3 is 2.70 bits per heavy atom. The second-order valence-electron chi connectivity index (χ2n) is 1.74. The van der Waals surface area contributed by atoms with E-state index in [2.05, 4.69) is 23.1 Å². The molecule has 0 spiro atoms. The molecule has 0 aliphatic carbocycles. The topological polar surface area (TPSA) is 67.2 Å². The van der Waals surface area contributed by atoms with Gasteiger partial charge in [0.25, 0.3) is 0 Å². The van der Waals surface area contributed by atoms with Crippen LogP contribution in [-0.4, -0.2) is 17.4 Å². The van der Waals surface area contributed by atoms with Gasteiger partial charge < -0.3 is 5.73 Å². The minimum atomic E-state index is 0.115. The molecule has 0 saturated heterocycles. The van der Waals surface area contributed by atoms with Gasteiger partial charge in [0.2, 0.25) is 0 Å². The molecule has 10 heavy (non-hydrogen) atoms. The lowest BCUT2D eigenvalue weighted by Crippen LogP contribution is -2.43. The Hall–Kier alpha value is -0.680. The van der Waals surface area contributed by atoms with Crippen LogP contribution in [0.1, 0.15) is 13.3 Å². The zero-order chi connectivity index (χ0) is 7.98. The number of hydrogen-bond donors (Lipinski definition) is 3. The molecule has 0 fully saturated rings. The Morgan fingerprint density at radius 1 is 1.70 bits per heavy atom. The first kappa shape index (κ1) is 9.32. The molecule has 0 aromatic heterocycles. The van der Waals surface area contributed by atoms with Crippen molar-refractivity contribution in [1.82, 2.24) is 10.9 Å². The summed E-state index contributed by atoms with van der Waals surface area (Å²) in [6, 6.07) is 0. The first-order valence-electron chi connectivity index (χ1n) is 2.96. The number of hydrogen-bond acceptors (Lipinski definition) is 3. The lowest BCUT2D eigenvalue weighted by molar-refractivity contribution is -0.118. The van der Waals surface area contributed by atoms with E-state index in [1.807, 2.05) is 0 Å². The Labute approximate surface area is 65.1 Å². The Morgan fingerprint density at radius 2 is 2.30 bits per heavy atom. The highest BCUT2D eigenvalue weighted by Crippen LogP contribution is 1.74. The minimum absolute atomic E-state index is 0.115. The molecular formula is C5H11N3OS. The second kappa shape index (κ2) is 5.13. The van der Waals surface area contributed by atoms with Crippen molar-refractivity contribution < 1.29 is 4.79 Å². The van der Waals surface area contributed by atoms with Gasteiger partial charge in [0.15, 0.2) is 5.11 Å². The van der Waals surface area contributed by atoms with Gasteiger partial charge >= 0.3 is 0 Å². The monoisotopic (exact) mass is 161 g/mol. The summed E-state index contributed by atoms with van der Waals surface area (Å²) in [5, 5.41) is 0.143. The molecule has 0 aliphatic rings. The van der Waals surface area contributed by atoms with Gasteiger partial charge in [-0.1, -0.05) is 6.92 Å². The molecule has 4 N–H and O–H groups in total. The Bertz CT molecular complexity index is 137. The summed E-state index contributed by atoms with van der Waals surface area (Å²) in [7, 11) is 0. The van der Waals surface area contributed by atoms with Crippen LogP contribution < -0.4 is 16.6 Å². The van der Waals surface area contributed by atoms with E-state index in [1.165, 1.54) is 0 Å². The van der Waals surface area contributed by atoms with Crippen LogP contribution >= 0.6 is 12.2 Å². The highest BCUT2D eigenvalue weighted by molar-refractivity contribution is 7.80. The molecule has 0 atom stereocenters. The maximum absolute atomic E-state index is 10.6. The number of carbonyl (C=O) groups excluding carboxylic acids is 1. The van der Waals surface area contributed by atoms with E-state index in [9.17, 15) is 4.79 Å². The number of thiocarbonyl (C=S) groups is 1. The van der Waals surface area contributed by atoms with Crippen molar-refractivity contribution in [2.75, 3.05) is 6.54 Å². The van der Waals surface area contributed by atoms with Crippen LogP contribution in [0.2, 0.25) is 0 Å². The number of carbonyl (C=O) groups is 1. The SMILES string of the molecule is CCC(=O)CNNC(N)=S. The van der Waals surface area contributed by atoms with Gasteiger partial charge in [0.05, 0.1) is 6.54 Å². The Balaban J connectivity index is 3.20. The van der Waals surface area contributed by atoms with Gasteiger partial charge in [-0.05, 0) is 12.2 Å². The predicted octanol–water partition coefficient (Wildman–Crippen LogP) is -0.697. The fraction of sp³-hybridized carbons (Fsp3) is 0.600. The lowest BCUT2D eigenvalue weighted by Gasteiger charge is -2.02. The number of hydrazine groups is 1. The zero-order valence-electron chi connectivity index (χ0n) is 5.81. The highest BCUT2D eigenvalue weighted by Gasteiger charge is 1.94. The molecule has 58 valence electrons. The zero-order valence-corrected chi connectivity index (χ0v) is 6.62. The van der Waals surface area contributed by atoms with E-state index in [0.717, 1.165) is 0 Å². The number of nitrogens with two attached hydrogens (primary N) is 1. The van der Waals surface area contributed by atoms with E-state index >= 15 is 0 Å². The molecule has 4 nitrogen and oxygen atoms in total. The Kier molecular flexibility index (Phi) is 4.78. The molecular weight excluding hydrogens is 150 g/mol. The van der Waals surface area contributed by atoms with E-state index in [4.69, 9.17) is 5.73 Å². The van der Waals surface area contributed by atoms with Gasteiger partial charge in [-0.25, -0.2) is 5.43 Å². The third kappa shape index (κ3) is 5.46. The molecule has 0 aromatic rings. The first-order chi connectivity index (χ1) is 4.66. The molecule has 5 heteroatoms. The summed E-state index contributed by atoms with van der Waals surface area (Å²) >= 11 is 4.48. The third-order valence-electron chi connectivity index (χ3n) is 0.891. The maximum Gasteiger partial charge on any atom is 0.178 e. The van der Waals surface area contributed by atoms with Gasteiger partial charge in [0, 0.05) is 6.42 Å².